The van der Waals surface area contributed by atoms with Crippen molar-refractivity contribution in [2.45, 2.75) is 30.5 Å². The van der Waals surface area contributed by atoms with Gasteiger partial charge in [-0.05, 0) is 36.8 Å². The first kappa shape index (κ1) is 14.1. The van der Waals surface area contributed by atoms with Crippen LogP contribution in [-0.4, -0.2) is 36.5 Å². The van der Waals surface area contributed by atoms with Gasteiger partial charge >= 0.3 is 0 Å². The van der Waals surface area contributed by atoms with Crippen molar-refractivity contribution < 1.29 is 4.74 Å². The van der Waals surface area contributed by atoms with Crippen molar-refractivity contribution in [2.24, 2.45) is 10.7 Å². The molecule has 0 amide bonds. The smallest absolute Gasteiger partial charge is 0.189 e. The van der Waals surface area contributed by atoms with Crippen molar-refractivity contribution in [3.63, 3.8) is 0 Å². The molecule has 0 saturated carbocycles. The van der Waals surface area contributed by atoms with E-state index in [1.165, 1.54) is 0 Å². The zero-order valence-electron chi connectivity index (χ0n) is 11.1. The Morgan fingerprint density at radius 1 is 1.68 bits per heavy atom. The number of hydrogen-bond donors (Lipinski definition) is 2. The Hall–Kier alpha value is -1.27. The van der Waals surface area contributed by atoms with E-state index in [9.17, 15) is 0 Å². The first-order chi connectivity index (χ1) is 9.28. The quantitative estimate of drug-likeness (QED) is 0.484. The summed E-state index contributed by atoms with van der Waals surface area (Å²) in [4.78, 5) is 8.55. The fourth-order valence-corrected chi connectivity index (χ4v) is 2.35. The number of ether oxygens (including phenoxy) is 1. The van der Waals surface area contributed by atoms with Crippen molar-refractivity contribution in [1.29, 1.82) is 0 Å². The molecule has 5 nitrogen and oxygen atoms in total. The fourth-order valence-electron chi connectivity index (χ4n) is 1.92. The van der Waals surface area contributed by atoms with Crippen LogP contribution in [0.2, 0.25) is 0 Å². The van der Waals surface area contributed by atoms with Gasteiger partial charge < -0.3 is 15.8 Å². The average molecular weight is 280 g/mol. The van der Waals surface area contributed by atoms with Crippen LogP contribution >= 0.6 is 11.8 Å². The van der Waals surface area contributed by atoms with Crippen molar-refractivity contribution in [2.75, 3.05) is 19.4 Å². The third kappa shape index (κ3) is 4.72. The molecular weight excluding hydrogens is 260 g/mol. The van der Waals surface area contributed by atoms with Gasteiger partial charge in [0.05, 0.1) is 17.7 Å². The Morgan fingerprint density at radius 3 is 3.32 bits per heavy atom. The Balaban J connectivity index is 1.79. The van der Waals surface area contributed by atoms with Gasteiger partial charge in [0.25, 0.3) is 0 Å². The summed E-state index contributed by atoms with van der Waals surface area (Å²) in [5.74, 6) is 0.470. The van der Waals surface area contributed by atoms with Crippen LogP contribution in [0.5, 0.6) is 0 Å². The van der Waals surface area contributed by atoms with Gasteiger partial charge in [0.2, 0.25) is 0 Å². The number of thioether (sulfide) groups is 1. The summed E-state index contributed by atoms with van der Waals surface area (Å²) < 4.78 is 5.51. The number of nitrogens with one attached hydrogen (secondary N) is 1. The highest BCUT2D eigenvalue weighted by atomic mass is 32.2. The molecule has 1 aliphatic heterocycles. The molecule has 0 aromatic carbocycles. The van der Waals surface area contributed by atoms with Gasteiger partial charge in [-0.15, -0.1) is 11.8 Å². The second-order valence-electron chi connectivity index (χ2n) is 4.42. The molecule has 1 atom stereocenters. The molecule has 1 fully saturated rings. The van der Waals surface area contributed by atoms with E-state index >= 15 is 0 Å². The molecule has 0 bridgehead atoms. The molecule has 1 aromatic rings. The minimum atomic E-state index is 0.276. The van der Waals surface area contributed by atoms with Gasteiger partial charge in [0.1, 0.15) is 0 Å². The molecular formula is C13H20N4OS. The maximum atomic E-state index is 5.83. The molecule has 0 radical (unpaired) electrons. The van der Waals surface area contributed by atoms with Crippen LogP contribution < -0.4 is 11.1 Å². The first-order valence-corrected chi connectivity index (χ1v) is 7.64. The van der Waals surface area contributed by atoms with Crippen LogP contribution in [-0.2, 0) is 11.3 Å². The number of nitrogens with two attached hydrogens (primary N) is 1. The SMILES string of the molecule is CSc1cc(CN=C(N)NCC2CCCO2)ccn1. The topological polar surface area (TPSA) is 72.5 Å². The highest BCUT2D eigenvalue weighted by Crippen LogP contribution is 2.13. The van der Waals surface area contributed by atoms with E-state index < -0.39 is 0 Å². The summed E-state index contributed by atoms with van der Waals surface area (Å²) in [7, 11) is 0. The summed E-state index contributed by atoms with van der Waals surface area (Å²) in [6.45, 7) is 2.17. The normalized spacial score (nSPS) is 19.6. The summed E-state index contributed by atoms with van der Waals surface area (Å²) in [5, 5.41) is 4.10. The van der Waals surface area contributed by atoms with Crippen LogP contribution in [0.3, 0.4) is 0 Å². The van der Waals surface area contributed by atoms with Crippen LogP contribution in [0.15, 0.2) is 28.3 Å². The minimum Gasteiger partial charge on any atom is -0.376 e. The summed E-state index contributed by atoms with van der Waals surface area (Å²) >= 11 is 1.62. The average Bonchev–Trinajstić information content (AvgIpc) is 2.96. The van der Waals surface area contributed by atoms with E-state index in [1.54, 1.807) is 18.0 Å². The number of aliphatic imine (C=N–C) groups is 1. The third-order valence-corrected chi connectivity index (χ3v) is 3.62. The molecule has 1 aliphatic rings. The van der Waals surface area contributed by atoms with Gasteiger partial charge in [0, 0.05) is 19.3 Å². The van der Waals surface area contributed by atoms with Crippen molar-refractivity contribution >= 4 is 17.7 Å². The number of guanidine groups is 1. The molecule has 0 spiro atoms. The van der Waals surface area contributed by atoms with E-state index in [4.69, 9.17) is 10.5 Å². The highest BCUT2D eigenvalue weighted by Gasteiger charge is 2.14. The van der Waals surface area contributed by atoms with E-state index in [0.717, 1.165) is 36.6 Å². The van der Waals surface area contributed by atoms with Crippen LogP contribution in [0.25, 0.3) is 0 Å². The molecule has 104 valence electrons. The molecule has 6 heteroatoms. The predicted octanol–water partition coefficient (Wildman–Crippen LogP) is 1.39. The lowest BCUT2D eigenvalue weighted by atomic mass is 10.2. The summed E-state index contributed by atoms with van der Waals surface area (Å²) in [6.07, 6.45) is 6.32. The largest absolute Gasteiger partial charge is 0.376 e. The second kappa shape index (κ2) is 7.35. The first-order valence-electron chi connectivity index (χ1n) is 6.42. The number of nitrogens with zero attached hydrogens (tertiary/aromatic N) is 2. The van der Waals surface area contributed by atoms with Gasteiger partial charge in [-0.3, -0.25) is 0 Å². The Bertz CT molecular complexity index is 432. The van der Waals surface area contributed by atoms with E-state index in [-0.39, 0.29) is 6.10 Å². The lowest BCUT2D eigenvalue weighted by Crippen LogP contribution is -2.37. The lowest BCUT2D eigenvalue weighted by molar-refractivity contribution is 0.114. The van der Waals surface area contributed by atoms with E-state index in [1.807, 2.05) is 18.4 Å². The van der Waals surface area contributed by atoms with Gasteiger partial charge in [-0.25, -0.2) is 9.98 Å². The number of aromatic nitrogens is 1. The molecule has 1 unspecified atom stereocenters. The van der Waals surface area contributed by atoms with E-state index in [2.05, 4.69) is 15.3 Å². The van der Waals surface area contributed by atoms with Crippen LogP contribution in [0.4, 0.5) is 0 Å². The summed E-state index contributed by atoms with van der Waals surface area (Å²) in [5.41, 5.74) is 6.94. The number of rotatable bonds is 5. The number of hydrogen-bond acceptors (Lipinski definition) is 4. The molecule has 0 aliphatic carbocycles. The van der Waals surface area contributed by atoms with Gasteiger partial charge in [0.15, 0.2) is 5.96 Å². The highest BCUT2D eigenvalue weighted by molar-refractivity contribution is 7.98. The van der Waals surface area contributed by atoms with Crippen LogP contribution in [0.1, 0.15) is 18.4 Å². The minimum absolute atomic E-state index is 0.276. The molecule has 3 N–H and O–H groups in total. The van der Waals surface area contributed by atoms with Crippen molar-refractivity contribution in [3.8, 4) is 0 Å². The third-order valence-electron chi connectivity index (χ3n) is 2.98. The maximum absolute atomic E-state index is 5.83. The Kier molecular flexibility index (Phi) is 5.47. The van der Waals surface area contributed by atoms with Gasteiger partial charge in [-0.2, -0.15) is 0 Å². The predicted molar refractivity (Wildman–Crippen MR) is 78.3 cm³/mol. The molecule has 1 aromatic heterocycles. The maximum Gasteiger partial charge on any atom is 0.189 e. The summed E-state index contributed by atoms with van der Waals surface area (Å²) in [6, 6.07) is 3.98. The fraction of sp³-hybridized carbons (Fsp3) is 0.538. The Labute approximate surface area is 118 Å². The zero-order chi connectivity index (χ0) is 13.5. The van der Waals surface area contributed by atoms with Gasteiger partial charge in [-0.1, -0.05) is 0 Å². The second-order valence-corrected chi connectivity index (χ2v) is 5.25. The monoisotopic (exact) mass is 280 g/mol. The molecule has 19 heavy (non-hydrogen) atoms. The van der Waals surface area contributed by atoms with Crippen molar-refractivity contribution in [3.05, 3.63) is 23.9 Å². The van der Waals surface area contributed by atoms with Crippen LogP contribution in [0, 0.1) is 0 Å². The molecule has 2 heterocycles. The van der Waals surface area contributed by atoms with Crippen molar-refractivity contribution in [1.82, 2.24) is 10.3 Å². The Morgan fingerprint density at radius 2 is 2.58 bits per heavy atom. The zero-order valence-corrected chi connectivity index (χ0v) is 11.9. The number of pyridine rings is 1. The standard InChI is InChI=1S/C13H20N4OS/c1-19-12-7-10(4-5-15-12)8-16-13(14)17-9-11-3-2-6-18-11/h4-5,7,11H,2-3,6,8-9H2,1H3,(H3,14,16,17). The molecule has 2 rings (SSSR count). The van der Waals surface area contributed by atoms with E-state index in [0.29, 0.717) is 12.5 Å². The lowest BCUT2D eigenvalue weighted by Gasteiger charge is -2.11. The molecule has 1 saturated heterocycles.